The van der Waals surface area contributed by atoms with E-state index in [1.165, 1.54) is 18.2 Å². The number of rotatable bonds is 9. The molecule has 0 unspecified atom stereocenters. The first-order valence-electron chi connectivity index (χ1n) is 11.2. The monoisotopic (exact) mass is 474 g/mol. The zero-order valence-corrected chi connectivity index (χ0v) is 18.9. The van der Waals surface area contributed by atoms with Crippen molar-refractivity contribution >= 4 is 23.6 Å². The molecule has 182 valence electrons. The molecular weight excluding hydrogens is 445 g/mol. The first-order valence-corrected chi connectivity index (χ1v) is 11.2. The van der Waals surface area contributed by atoms with Crippen LogP contribution in [-0.4, -0.2) is 62.5 Å². The predicted octanol–water partition coefficient (Wildman–Crippen LogP) is 3.16. The minimum atomic E-state index is -4.34. The van der Waals surface area contributed by atoms with E-state index in [4.69, 9.17) is 0 Å². The molecule has 1 fully saturated rings. The van der Waals surface area contributed by atoms with Crippen LogP contribution in [0.25, 0.3) is 6.08 Å². The minimum Gasteiger partial charge on any atom is -0.369 e. The number of alkyl halides is 3. The van der Waals surface area contributed by atoms with Gasteiger partial charge in [-0.05, 0) is 42.8 Å². The summed E-state index contributed by atoms with van der Waals surface area (Å²) in [7, 11) is 0. The fourth-order valence-corrected chi connectivity index (χ4v) is 3.66. The summed E-state index contributed by atoms with van der Waals surface area (Å²) >= 11 is 0. The quantitative estimate of drug-likeness (QED) is 0.433. The minimum absolute atomic E-state index is 0.0897. The van der Waals surface area contributed by atoms with Crippen LogP contribution >= 0.6 is 0 Å². The molecule has 0 aliphatic carbocycles. The van der Waals surface area contributed by atoms with Gasteiger partial charge in [-0.15, -0.1) is 0 Å². The molecule has 1 aliphatic heterocycles. The fourth-order valence-electron chi connectivity index (χ4n) is 3.66. The van der Waals surface area contributed by atoms with Crippen molar-refractivity contribution in [3.63, 3.8) is 0 Å². The van der Waals surface area contributed by atoms with Gasteiger partial charge in [-0.1, -0.05) is 36.4 Å². The van der Waals surface area contributed by atoms with Crippen molar-refractivity contribution in [1.82, 2.24) is 15.5 Å². The Bertz CT molecular complexity index is 972. The average molecular weight is 475 g/mol. The van der Waals surface area contributed by atoms with Gasteiger partial charge < -0.3 is 15.5 Å². The number of nitrogens with zero attached hydrogens (tertiary/aromatic N) is 2. The van der Waals surface area contributed by atoms with Gasteiger partial charge in [-0.3, -0.25) is 14.5 Å². The van der Waals surface area contributed by atoms with Crippen LogP contribution < -0.4 is 15.5 Å². The number of carbonyl (C=O) groups is 2. The van der Waals surface area contributed by atoms with Crippen molar-refractivity contribution < 1.29 is 22.8 Å². The molecule has 1 saturated heterocycles. The Kier molecular flexibility index (Phi) is 9.09. The molecule has 2 amide bonds. The molecule has 0 aromatic heterocycles. The zero-order chi connectivity index (χ0) is 24.4. The molecule has 9 heteroatoms. The number of nitrogens with one attached hydrogen (secondary N) is 2. The van der Waals surface area contributed by atoms with Crippen LogP contribution in [0, 0.1) is 0 Å². The molecule has 34 heavy (non-hydrogen) atoms. The summed E-state index contributed by atoms with van der Waals surface area (Å²) < 4.78 is 38.8. The number of hydrogen-bond acceptors (Lipinski definition) is 4. The number of hydrogen-bond donors (Lipinski definition) is 2. The van der Waals surface area contributed by atoms with E-state index in [2.05, 4.69) is 15.5 Å². The van der Waals surface area contributed by atoms with Crippen LogP contribution in [0.5, 0.6) is 0 Å². The van der Waals surface area contributed by atoms with Gasteiger partial charge in [0.1, 0.15) is 0 Å². The number of halogens is 3. The van der Waals surface area contributed by atoms with Crippen molar-refractivity contribution in [2.24, 2.45) is 0 Å². The summed E-state index contributed by atoms with van der Waals surface area (Å²) in [6.07, 6.45) is -0.525. The van der Waals surface area contributed by atoms with Gasteiger partial charge in [0.25, 0.3) is 0 Å². The molecular formula is C25H29F3N4O2. The van der Waals surface area contributed by atoms with E-state index in [9.17, 15) is 22.8 Å². The van der Waals surface area contributed by atoms with Crippen LogP contribution in [0.2, 0.25) is 0 Å². The predicted molar refractivity (Wildman–Crippen MR) is 126 cm³/mol. The second-order valence-electron chi connectivity index (χ2n) is 8.04. The Morgan fingerprint density at radius 2 is 1.68 bits per heavy atom. The molecule has 1 heterocycles. The second kappa shape index (κ2) is 12.2. The van der Waals surface area contributed by atoms with Gasteiger partial charge in [-0.25, -0.2) is 0 Å². The van der Waals surface area contributed by atoms with Crippen molar-refractivity contribution in [1.29, 1.82) is 0 Å². The fraction of sp³-hybridized carbons (Fsp3) is 0.360. The SMILES string of the molecule is O=C(/C=C/c1ccccc1)NCC(=O)NCCCN1CCN(c2cccc(C(F)(F)F)c2)CC1. The molecule has 2 N–H and O–H groups in total. The van der Waals surface area contributed by atoms with Crippen molar-refractivity contribution in [2.75, 3.05) is 50.7 Å². The molecule has 2 aromatic rings. The lowest BCUT2D eigenvalue weighted by Crippen LogP contribution is -2.47. The number of piperazine rings is 1. The van der Waals surface area contributed by atoms with E-state index in [0.717, 1.165) is 37.7 Å². The zero-order valence-electron chi connectivity index (χ0n) is 18.9. The first-order chi connectivity index (χ1) is 16.3. The van der Waals surface area contributed by atoms with Crippen molar-refractivity contribution in [3.05, 3.63) is 71.8 Å². The van der Waals surface area contributed by atoms with Gasteiger partial charge in [-0.2, -0.15) is 13.2 Å². The van der Waals surface area contributed by atoms with E-state index in [1.54, 1.807) is 12.1 Å². The highest BCUT2D eigenvalue weighted by molar-refractivity contribution is 5.94. The van der Waals surface area contributed by atoms with Crippen LogP contribution in [0.15, 0.2) is 60.7 Å². The molecule has 0 radical (unpaired) electrons. The van der Waals surface area contributed by atoms with Crippen molar-refractivity contribution in [2.45, 2.75) is 12.6 Å². The van der Waals surface area contributed by atoms with Crippen LogP contribution in [-0.2, 0) is 15.8 Å². The van der Waals surface area contributed by atoms with E-state index >= 15 is 0 Å². The second-order valence-corrected chi connectivity index (χ2v) is 8.04. The smallest absolute Gasteiger partial charge is 0.369 e. The summed E-state index contributed by atoms with van der Waals surface area (Å²) in [6.45, 7) is 3.97. The van der Waals surface area contributed by atoms with Crippen LogP contribution in [0.4, 0.5) is 18.9 Å². The Labute approximate surface area is 197 Å². The topological polar surface area (TPSA) is 64.7 Å². The van der Waals surface area contributed by atoms with Gasteiger partial charge in [0.15, 0.2) is 0 Å². The van der Waals surface area contributed by atoms with Gasteiger partial charge >= 0.3 is 6.18 Å². The number of carbonyl (C=O) groups excluding carboxylic acids is 2. The third-order valence-electron chi connectivity index (χ3n) is 5.53. The molecule has 0 bridgehead atoms. The van der Waals surface area contributed by atoms with E-state index < -0.39 is 11.7 Å². The average Bonchev–Trinajstić information content (AvgIpc) is 2.84. The van der Waals surface area contributed by atoms with E-state index in [0.29, 0.717) is 25.3 Å². The largest absolute Gasteiger partial charge is 0.416 e. The maximum absolute atomic E-state index is 12.9. The highest BCUT2D eigenvalue weighted by Gasteiger charge is 2.31. The third-order valence-corrected chi connectivity index (χ3v) is 5.53. The van der Waals surface area contributed by atoms with E-state index in [-0.39, 0.29) is 18.4 Å². The lowest BCUT2D eigenvalue weighted by atomic mass is 10.1. The first kappa shape index (κ1) is 25.3. The maximum Gasteiger partial charge on any atom is 0.416 e. The number of amides is 2. The van der Waals surface area contributed by atoms with Crippen molar-refractivity contribution in [3.8, 4) is 0 Å². The third kappa shape index (κ3) is 8.22. The number of anilines is 1. The maximum atomic E-state index is 12.9. The van der Waals surface area contributed by atoms with Gasteiger partial charge in [0.05, 0.1) is 12.1 Å². The van der Waals surface area contributed by atoms with Gasteiger partial charge in [0.2, 0.25) is 11.8 Å². The molecule has 0 atom stereocenters. The lowest BCUT2D eigenvalue weighted by molar-refractivity contribution is -0.137. The Morgan fingerprint density at radius 1 is 0.941 bits per heavy atom. The summed E-state index contributed by atoms with van der Waals surface area (Å²) in [4.78, 5) is 27.9. The highest BCUT2D eigenvalue weighted by atomic mass is 19.4. The molecule has 1 aliphatic rings. The van der Waals surface area contributed by atoms with Crippen LogP contribution in [0.3, 0.4) is 0 Å². The Morgan fingerprint density at radius 3 is 2.38 bits per heavy atom. The standard InChI is InChI=1S/C25H29F3N4O2/c26-25(27,28)21-8-4-9-22(18-21)32-16-14-31(15-17-32)13-5-12-29-24(34)19-30-23(33)11-10-20-6-2-1-3-7-20/h1-4,6-11,18H,5,12-17,19H2,(H,29,34)(H,30,33)/b11-10+. The molecule has 2 aromatic carbocycles. The molecule has 0 spiro atoms. The molecule has 0 saturated carbocycles. The molecule has 3 rings (SSSR count). The van der Waals surface area contributed by atoms with Crippen LogP contribution in [0.1, 0.15) is 17.5 Å². The summed E-state index contributed by atoms with van der Waals surface area (Å²) in [5.41, 5.74) is 0.853. The Balaban J connectivity index is 1.28. The van der Waals surface area contributed by atoms with Gasteiger partial charge in [0, 0.05) is 44.5 Å². The Hall–Kier alpha value is -3.33. The summed E-state index contributed by atoms with van der Waals surface area (Å²) in [5.74, 6) is -0.589. The lowest BCUT2D eigenvalue weighted by Gasteiger charge is -2.36. The molecule has 6 nitrogen and oxygen atoms in total. The summed E-state index contributed by atoms with van der Waals surface area (Å²) in [5, 5.41) is 5.34. The number of benzene rings is 2. The van der Waals surface area contributed by atoms with E-state index in [1.807, 2.05) is 35.2 Å². The normalized spacial score (nSPS) is 14.9. The summed E-state index contributed by atoms with van der Waals surface area (Å²) in [6, 6.07) is 14.8. The highest BCUT2D eigenvalue weighted by Crippen LogP contribution is 2.31.